The van der Waals surface area contributed by atoms with Gasteiger partial charge in [0.2, 0.25) is 5.71 Å². The van der Waals surface area contributed by atoms with E-state index >= 15 is 0 Å². The van der Waals surface area contributed by atoms with Crippen LogP contribution in [0.1, 0.15) is 30.5 Å². The van der Waals surface area contributed by atoms with Crippen LogP contribution in [0.2, 0.25) is 17.3 Å². The molecule has 0 amide bonds. The van der Waals surface area contributed by atoms with E-state index in [1.54, 1.807) is 4.40 Å². The Bertz CT molecular complexity index is 3180. The first-order valence-corrected chi connectivity index (χ1v) is 28.8. The Morgan fingerprint density at radius 3 is 2.16 bits per heavy atom. The van der Waals surface area contributed by atoms with Crippen LogP contribution in [0.25, 0.3) is 83.8 Å². The second-order valence-corrected chi connectivity index (χ2v) is 28.1. The second-order valence-electron chi connectivity index (χ2n) is 17.5. The summed E-state index contributed by atoms with van der Waals surface area (Å²) in [7, 11) is 0. The number of fused-ring (bicyclic) bond motifs is 4. The van der Waals surface area contributed by atoms with Crippen LogP contribution in [0.15, 0.2) is 162 Å². The fourth-order valence-corrected chi connectivity index (χ4v) is 11.9. The fourth-order valence-electron chi connectivity index (χ4n) is 8.60. The Morgan fingerprint density at radius 2 is 1.41 bits per heavy atom. The minimum atomic E-state index is -1.86. The molecule has 0 saturated carbocycles. The molecule has 6 aromatic carbocycles. The first-order chi connectivity index (χ1) is 30.0. The third-order valence-corrected chi connectivity index (χ3v) is 15.8. The molecule has 1 radical (unpaired) electrons. The standard InChI is InChI=1S/C38H26N3O.C18H24GeN.Ir/c1-24-12-10-13-25(2)35(24)32-23-22-29-28-17-11-18-30(36(28)42-38(29)40-32)37-39-31-19-7-9-21-34(31)41(37)33-20-8-6-16-27(33)26-14-4-3-5-15-26;1-14(2)11-16-12-18(15-9-7-6-8-10-15)20-13-17(16)19(3,4)5;/h3-17,19-23H,1-2H3;6-9,12-14H,11H2,1-5H3;/q2*-1;. The van der Waals surface area contributed by atoms with Gasteiger partial charge in [-0.1, -0.05) is 89.8 Å². The summed E-state index contributed by atoms with van der Waals surface area (Å²) in [6.07, 6.45) is 3.27. The maximum absolute atomic E-state index is 6.59. The van der Waals surface area contributed by atoms with Crippen molar-refractivity contribution in [2.75, 3.05) is 0 Å². The van der Waals surface area contributed by atoms with E-state index < -0.39 is 13.3 Å². The number of hydrogen-bond donors (Lipinski definition) is 0. The van der Waals surface area contributed by atoms with E-state index in [4.69, 9.17) is 19.4 Å². The molecule has 0 bridgehead atoms. The molecule has 7 heteroatoms. The van der Waals surface area contributed by atoms with Crippen LogP contribution < -0.4 is 4.40 Å². The first kappa shape index (κ1) is 43.7. The zero-order valence-corrected chi connectivity index (χ0v) is 41.3. The van der Waals surface area contributed by atoms with Crippen LogP contribution in [0.3, 0.4) is 0 Å². The largest absolute Gasteiger partial charge is 0.486 e. The van der Waals surface area contributed by atoms with Crippen molar-refractivity contribution < 1.29 is 24.5 Å². The molecule has 0 aliphatic rings. The van der Waals surface area contributed by atoms with E-state index in [0.29, 0.717) is 11.6 Å². The van der Waals surface area contributed by atoms with E-state index in [1.165, 1.54) is 16.7 Å². The zero-order valence-electron chi connectivity index (χ0n) is 36.8. The number of rotatable bonds is 8. The van der Waals surface area contributed by atoms with Crippen molar-refractivity contribution in [1.82, 2.24) is 19.5 Å². The number of aryl methyl sites for hydroxylation is 2. The second kappa shape index (κ2) is 18.4. The van der Waals surface area contributed by atoms with Crippen molar-refractivity contribution in [3.63, 3.8) is 0 Å². The predicted octanol–water partition coefficient (Wildman–Crippen LogP) is 14.0. The summed E-state index contributed by atoms with van der Waals surface area (Å²) >= 11 is -1.86. The van der Waals surface area contributed by atoms with Crippen LogP contribution in [-0.4, -0.2) is 32.8 Å². The summed E-state index contributed by atoms with van der Waals surface area (Å²) in [5, 5.41) is 1.97. The zero-order chi connectivity index (χ0) is 43.0. The molecule has 0 aliphatic heterocycles. The third kappa shape index (κ3) is 8.86. The Balaban J connectivity index is 0.000000219. The number of aromatic nitrogens is 4. The van der Waals surface area contributed by atoms with Gasteiger partial charge < -0.3 is 8.98 Å². The average molecular weight is 1060 g/mol. The molecule has 10 aromatic rings. The Labute approximate surface area is 387 Å². The van der Waals surface area contributed by atoms with E-state index in [9.17, 15) is 0 Å². The Kier molecular flexibility index (Phi) is 12.8. The van der Waals surface area contributed by atoms with Crippen LogP contribution >= 0.6 is 0 Å². The SMILES string of the molecule is CC(C)Cc1cc(-c2[c-]cccc2)nc[c]1[Ge]([CH3])([CH3])[CH3].Cc1cccc(C)c1-c1ccc2c(n1)oc1c(-c3nc4ccccc4n3-c3ccccc3-c3ccccc3)[c-]ccc12.[Ir]. The van der Waals surface area contributed by atoms with E-state index in [-0.39, 0.29) is 20.1 Å². The van der Waals surface area contributed by atoms with Crippen molar-refractivity contribution >= 4 is 50.8 Å². The van der Waals surface area contributed by atoms with Gasteiger partial charge in [-0.25, -0.2) is 4.98 Å². The fraction of sp³-hybridized carbons (Fsp3) is 0.161. The first-order valence-electron chi connectivity index (χ1n) is 21.4. The molecule has 315 valence electrons. The van der Waals surface area contributed by atoms with E-state index in [2.05, 4.69) is 183 Å². The van der Waals surface area contributed by atoms with E-state index in [0.717, 1.165) is 84.5 Å². The number of pyridine rings is 2. The minimum Gasteiger partial charge on any atom is -0.486 e. The Hall–Kier alpha value is -5.92. The maximum atomic E-state index is 6.59. The molecule has 0 spiro atoms. The van der Waals surface area contributed by atoms with Gasteiger partial charge in [-0.05, 0) is 60.9 Å². The molecule has 4 aromatic heterocycles. The summed E-state index contributed by atoms with van der Waals surface area (Å²) < 4.78 is 10.4. The van der Waals surface area contributed by atoms with Gasteiger partial charge in [0, 0.05) is 42.3 Å². The Morgan fingerprint density at radius 1 is 0.683 bits per heavy atom. The summed E-state index contributed by atoms with van der Waals surface area (Å²) in [6.45, 7) is 8.82. The normalized spacial score (nSPS) is 11.5. The van der Waals surface area contributed by atoms with Crippen molar-refractivity contribution in [2.45, 2.75) is 51.4 Å². The molecule has 0 atom stereocenters. The molecule has 5 nitrogen and oxygen atoms in total. The molecular formula is C56H50GeIrN4O-2. The molecular weight excluding hydrogens is 1010 g/mol. The molecule has 63 heavy (non-hydrogen) atoms. The summed E-state index contributed by atoms with van der Waals surface area (Å²) in [6, 6.07) is 58.9. The quantitative estimate of drug-likeness (QED) is 0.112. The predicted molar refractivity (Wildman–Crippen MR) is 261 cm³/mol. The average Bonchev–Trinajstić information content (AvgIpc) is 3.85. The molecule has 0 aliphatic carbocycles. The molecule has 0 unspecified atom stereocenters. The smallest absolute Gasteiger partial charge is 0.216 e. The minimum absolute atomic E-state index is 0. The molecule has 4 heterocycles. The van der Waals surface area contributed by atoms with Gasteiger partial charge in [-0.2, -0.15) is 0 Å². The number of hydrogen-bond acceptors (Lipinski definition) is 4. The van der Waals surface area contributed by atoms with E-state index in [1.807, 2.05) is 36.4 Å². The number of imidazole rings is 1. The van der Waals surface area contributed by atoms with Crippen molar-refractivity contribution in [1.29, 1.82) is 0 Å². The molecule has 0 fully saturated rings. The van der Waals surface area contributed by atoms with Gasteiger partial charge in [0.1, 0.15) is 0 Å². The van der Waals surface area contributed by atoms with Crippen LogP contribution in [0.5, 0.6) is 0 Å². The van der Waals surface area contributed by atoms with Crippen molar-refractivity contribution in [3.05, 3.63) is 187 Å². The monoisotopic (exact) mass is 1060 g/mol. The molecule has 0 saturated heterocycles. The van der Waals surface area contributed by atoms with Gasteiger partial charge in [-0.3, -0.25) is 4.98 Å². The third-order valence-electron chi connectivity index (χ3n) is 11.5. The summed E-state index contributed by atoms with van der Waals surface area (Å²) in [5.41, 5.74) is 15.5. The number of furan rings is 1. The van der Waals surface area contributed by atoms with Crippen LogP contribution in [-0.2, 0) is 26.5 Å². The van der Waals surface area contributed by atoms with Gasteiger partial charge >= 0.3 is 126 Å². The number of benzene rings is 6. The summed E-state index contributed by atoms with van der Waals surface area (Å²) in [4.78, 5) is 14.9. The summed E-state index contributed by atoms with van der Waals surface area (Å²) in [5.74, 6) is 8.77. The van der Waals surface area contributed by atoms with Crippen molar-refractivity contribution in [3.8, 4) is 50.7 Å². The van der Waals surface area contributed by atoms with Gasteiger partial charge in [-0.15, -0.1) is 18.2 Å². The number of para-hydroxylation sites is 3. The van der Waals surface area contributed by atoms with Gasteiger partial charge in [0.25, 0.3) is 0 Å². The number of nitrogens with zero attached hydrogens (tertiary/aromatic N) is 4. The molecule has 0 N–H and O–H groups in total. The molecule has 10 rings (SSSR count). The van der Waals surface area contributed by atoms with Gasteiger partial charge in [0.15, 0.2) is 0 Å². The topological polar surface area (TPSA) is 56.7 Å². The van der Waals surface area contributed by atoms with Crippen molar-refractivity contribution in [2.24, 2.45) is 5.92 Å². The van der Waals surface area contributed by atoms with Crippen LogP contribution in [0, 0.1) is 31.9 Å². The van der Waals surface area contributed by atoms with Gasteiger partial charge in [0.05, 0.1) is 28.1 Å². The van der Waals surface area contributed by atoms with Crippen LogP contribution in [0.4, 0.5) is 0 Å². The maximum Gasteiger partial charge on any atom is 0.216 e.